The number of nitrogens with two attached hydrogens (primary N) is 1. The van der Waals surface area contributed by atoms with Crippen LogP contribution in [-0.2, 0) is 6.42 Å². The van der Waals surface area contributed by atoms with Gasteiger partial charge in [0.15, 0.2) is 0 Å². The molecule has 0 radical (unpaired) electrons. The van der Waals surface area contributed by atoms with E-state index in [1.807, 2.05) is 18.3 Å². The van der Waals surface area contributed by atoms with Crippen LogP contribution < -0.4 is 15.2 Å². The average Bonchev–Trinajstić information content (AvgIpc) is 2.48. The fourth-order valence-corrected chi connectivity index (χ4v) is 1.76. The Hall–Kier alpha value is -2.56. The van der Waals surface area contributed by atoms with Crippen molar-refractivity contribution in [2.45, 2.75) is 6.42 Å². The fourth-order valence-electron chi connectivity index (χ4n) is 1.76. The van der Waals surface area contributed by atoms with E-state index in [2.05, 4.69) is 4.98 Å². The van der Waals surface area contributed by atoms with Gasteiger partial charge in [-0.25, -0.2) is 0 Å². The zero-order chi connectivity index (χ0) is 14.4. The van der Waals surface area contributed by atoms with E-state index < -0.39 is 0 Å². The highest BCUT2D eigenvalue weighted by atomic mass is 16.5. The van der Waals surface area contributed by atoms with Gasteiger partial charge < -0.3 is 15.2 Å². The molecule has 0 saturated heterocycles. The van der Waals surface area contributed by atoms with E-state index in [-0.39, 0.29) is 5.84 Å². The van der Waals surface area contributed by atoms with E-state index in [1.54, 1.807) is 31.5 Å². The Morgan fingerprint density at radius 2 is 2.10 bits per heavy atom. The van der Waals surface area contributed by atoms with Crippen LogP contribution in [0.3, 0.4) is 0 Å². The molecule has 0 spiro atoms. The summed E-state index contributed by atoms with van der Waals surface area (Å²) in [6.07, 6.45) is 4.32. The first-order chi connectivity index (χ1) is 9.69. The van der Waals surface area contributed by atoms with Crippen LogP contribution in [0.5, 0.6) is 11.5 Å². The van der Waals surface area contributed by atoms with Gasteiger partial charge in [0.2, 0.25) is 0 Å². The summed E-state index contributed by atoms with van der Waals surface area (Å²) in [7, 11) is 1.57. The van der Waals surface area contributed by atoms with Crippen LogP contribution in [0.25, 0.3) is 0 Å². The quantitative estimate of drug-likeness (QED) is 0.622. The zero-order valence-electron chi connectivity index (χ0n) is 11.3. The van der Waals surface area contributed by atoms with Crippen LogP contribution in [0, 0.1) is 5.41 Å². The number of rotatable bonds is 6. The second kappa shape index (κ2) is 6.56. The van der Waals surface area contributed by atoms with Crippen molar-refractivity contribution in [1.82, 2.24) is 4.98 Å². The second-order valence-corrected chi connectivity index (χ2v) is 4.27. The molecule has 2 aromatic rings. The van der Waals surface area contributed by atoms with Crippen molar-refractivity contribution in [3.8, 4) is 11.5 Å². The lowest BCUT2D eigenvalue weighted by Crippen LogP contribution is -2.11. The number of hydrogen-bond acceptors (Lipinski definition) is 4. The number of methoxy groups -OCH3 is 1. The van der Waals surface area contributed by atoms with E-state index in [9.17, 15) is 0 Å². The van der Waals surface area contributed by atoms with Gasteiger partial charge in [0.05, 0.1) is 13.7 Å². The smallest absolute Gasteiger partial charge is 0.123 e. The van der Waals surface area contributed by atoms with Gasteiger partial charge in [-0.15, -0.1) is 0 Å². The van der Waals surface area contributed by atoms with Crippen LogP contribution in [-0.4, -0.2) is 24.5 Å². The monoisotopic (exact) mass is 271 g/mol. The minimum Gasteiger partial charge on any atom is -0.497 e. The first-order valence-corrected chi connectivity index (χ1v) is 6.24. The molecule has 0 bridgehead atoms. The van der Waals surface area contributed by atoms with Crippen molar-refractivity contribution in [3.63, 3.8) is 0 Å². The third-order valence-electron chi connectivity index (χ3n) is 2.81. The lowest BCUT2D eigenvalue weighted by atomic mass is 10.2. The summed E-state index contributed by atoms with van der Waals surface area (Å²) in [4.78, 5) is 4.05. The molecule has 2 rings (SSSR count). The molecule has 0 atom stereocenters. The number of nitrogens with zero attached hydrogens (tertiary/aromatic N) is 1. The molecule has 104 valence electrons. The maximum Gasteiger partial charge on any atom is 0.123 e. The summed E-state index contributed by atoms with van der Waals surface area (Å²) in [6, 6.07) is 9.11. The van der Waals surface area contributed by atoms with Crippen molar-refractivity contribution in [2.24, 2.45) is 5.73 Å². The largest absolute Gasteiger partial charge is 0.497 e. The number of amidine groups is 1. The third kappa shape index (κ3) is 3.71. The molecule has 0 aliphatic heterocycles. The van der Waals surface area contributed by atoms with Gasteiger partial charge in [-0.2, -0.15) is 0 Å². The van der Waals surface area contributed by atoms with Gasteiger partial charge in [0, 0.05) is 30.4 Å². The van der Waals surface area contributed by atoms with Crippen LogP contribution >= 0.6 is 0 Å². The molecule has 5 heteroatoms. The second-order valence-electron chi connectivity index (χ2n) is 4.27. The van der Waals surface area contributed by atoms with E-state index in [1.165, 1.54) is 0 Å². The molecule has 20 heavy (non-hydrogen) atoms. The Bertz CT molecular complexity index is 585. The van der Waals surface area contributed by atoms with Crippen molar-refractivity contribution < 1.29 is 9.47 Å². The molecule has 0 aliphatic carbocycles. The van der Waals surface area contributed by atoms with Gasteiger partial charge >= 0.3 is 0 Å². The topological polar surface area (TPSA) is 81.2 Å². The van der Waals surface area contributed by atoms with Crippen LogP contribution in [0.15, 0.2) is 42.7 Å². The molecule has 1 aromatic heterocycles. The average molecular weight is 271 g/mol. The molecule has 0 saturated carbocycles. The Labute approximate surface area is 117 Å². The van der Waals surface area contributed by atoms with E-state index in [0.717, 1.165) is 12.0 Å². The Morgan fingerprint density at radius 3 is 2.75 bits per heavy atom. The van der Waals surface area contributed by atoms with Gasteiger partial charge in [0.1, 0.15) is 17.3 Å². The highest BCUT2D eigenvalue weighted by molar-refractivity contribution is 5.95. The number of aromatic nitrogens is 1. The maximum atomic E-state index is 7.47. The van der Waals surface area contributed by atoms with Gasteiger partial charge in [-0.05, 0) is 23.8 Å². The van der Waals surface area contributed by atoms with E-state index in [0.29, 0.717) is 23.7 Å². The van der Waals surface area contributed by atoms with E-state index in [4.69, 9.17) is 20.6 Å². The van der Waals surface area contributed by atoms with Gasteiger partial charge in [-0.3, -0.25) is 10.4 Å². The molecule has 0 amide bonds. The molecule has 1 heterocycles. The van der Waals surface area contributed by atoms with Crippen molar-refractivity contribution in [3.05, 3.63) is 53.9 Å². The maximum absolute atomic E-state index is 7.47. The molecule has 0 fully saturated rings. The Balaban J connectivity index is 2.02. The van der Waals surface area contributed by atoms with Crippen molar-refractivity contribution in [1.29, 1.82) is 5.41 Å². The summed E-state index contributed by atoms with van der Waals surface area (Å²) in [5.74, 6) is 1.24. The lowest BCUT2D eigenvalue weighted by molar-refractivity contribution is 0.318. The first kappa shape index (κ1) is 13.9. The summed E-state index contributed by atoms with van der Waals surface area (Å²) in [5.41, 5.74) is 7.19. The Morgan fingerprint density at radius 1 is 1.30 bits per heavy atom. The van der Waals surface area contributed by atoms with Crippen LogP contribution in [0.1, 0.15) is 11.1 Å². The molecular weight excluding hydrogens is 254 g/mol. The minimum absolute atomic E-state index is 0.0130. The van der Waals surface area contributed by atoms with Crippen molar-refractivity contribution in [2.75, 3.05) is 13.7 Å². The SMILES string of the molecule is COc1cc(OCCc2cccnc2)cc(C(=N)N)c1. The summed E-state index contributed by atoms with van der Waals surface area (Å²) in [6.45, 7) is 0.524. The zero-order valence-corrected chi connectivity index (χ0v) is 11.3. The minimum atomic E-state index is -0.0130. The number of nitrogen functional groups attached to an aromatic ring is 1. The van der Waals surface area contributed by atoms with Gasteiger partial charge in [0.25, 0.3) is 0 Å². The third-order valence-corrected chi connectivity index (χ3v) is 2.81. The molecular formula is C15H17N3O2. The molecule has 0 unspecified atom stereocenters. The summed E-state index contributed by atoms with van der Waals surface area (Å²) in [5, 5.41) is 7.47. The number of ether oxygens (including phenoxy) is 2. The predicted octanol–water partition coefficient (Wildman–Crippen LogP) is 2.00. The molecule has 0 aliphatic rings. The Kier molecular flexibility index (Phi) is 4.55. The molecule has 1 aromatic carbocycles. The number of nitrogens with one attached hydrogen (secondary N) is 1. The highest BCUT2D eigenvalue weighted by Crippen LogP contribution is 2.22. The fraction of sp³-hybridized carbons (Fsp3) is 0.200. The van der Waals surface area contributed by atoms with E-state index >= 15 is 0 Å². The number of pyridine rings is 1. The van der Waals surface area contributed by atoms with Crippen LogP contribution in [0.4, 0.5) is 0 Å². The lowest BCUT2D eigenvalue weighted by Gasteiger charge is -2.10. The number of benzene rings is 1. The summed E-state index contributed by atoms with van der Waals surface area (Å²) >= 11 is 0. The highest BCUT2D eigenvalue weighted by Gasteiger charge is 2.05. The van der Waals surface area contributed by atoms with Gasteiger partial charge in [-0.1, -0.05) is 6.07 Å². The van der Waals surface area contributed by atoms with Crippen LogP contribution in [0.2, 0.25) is 0 Å². The standard InChI is InChI=1S/C15H17N3O2/c1-19-13-7-12(15(16)17)8-14(9-13)20-6-4-11-3-2-5-18-10-11/h2-3,5,7-10H,4,6H2,1H3,(H3,16,17). The predicted molar refractivity (Wildman–Crippen MR) is 77.4 cm³/mol. The first-order valence-electron chi connectivity index (χ1n) is 6.24. The van der Waals surface area contributed by atoms with Crippen molar-refractivity contribution >= 4 is 5.84 Å². The molecule has 3 N–H and O–H groups in total. The molecule has 5 nitrogen and oxygen atoms in total. The summed E-state index contributed by atoms with van der Waals surface area (Å²) < 4.78 is 10.9. The normalized spacial score (nSPS) is 10.1. The number of hydrogen-bond donors (Lipinski definition) is 2.